The van der Waals surface area contributed by atoms with Gasteiger partial charge in [-0.1, -0.05) is 11.6 Å². The van der Waals surface area contributed by atoms with Gasteiger partial charge in [0.25, 0.3) is 5.56 Å². The number of hydrogen-bond donors (Lipinski definition) is 1. The number of unbranched alkanes of at least 4 members (excludes halogenated alkanes) is 1. The molecule has 0 aliphatic heterocycles. The van der Waals surface area contributed by atoms with Crippen LogP contribution in [0.15, 0.2) is 11.0 Å². The van der Waals surface area contributed by atoms with E-state index in [1.54, 1.807) is 6.20 Å². The number of hydrogen-bond acceptors (Lipinski definition) is 4. The fraction of sp³-hybridized carbons (Fsp3) is 0.714. The van der Waals surface area contributed by atoms with Crippen molar-refractivity contribution >= 4 is 17.3 Å². The second-order valence-electron chi connectivity index (χ2n) is 5.20. The molecular weight excluding hydrogens is 276 g/mol. The first-order valence-corrected chi connectivity index (χ1v) is 7.54. The van der Waals surface area contributed by atoms with Crippen molar-refractivity contribution in [2.45, 2.75) is 46.2 Å². The van der Waals surface area contributed by atoms with E-state index in [-0.39, 0.29) is 10.6 Å². The van der Waals surface area contributed by atoms with Crippen molar-refractivity contribution in [2.75, 3.05) is 25.5 Å². The minimum atomic E-state index is -0.237. The zero-order chi connectivity index (χ0) is 15.1. The fourth-order valence-corrected chi connectivity index (χ4v) is 1.99. The molecule has 0 aliphatic carbocycles. The summed E-state index contributed by atoms with van der Waals surface area (Å²) in [5.74, 6) is 0. The van der Waals surface area contributed by atoms with Crippen molar-refractivity contribution in [3.8, 4) is 0 Å². The first-order chi connectivity index (χ1) is 9.47. The highest BCUT2D eigenvalue weighted by atomic mass is 35.5. The minimum Gasteiger partial charge on any atom is -0.382 e. The summed E-state index contributed by atoms with van der Waals surface area (Å²) in [5, 5.41) is 7.46. The van der Waals surface area contributed by atoms with Gasteiger partial charge < -0.3 is 10.2 Å². The SMILES string of the molecule is CCn1ncc(NCCCCN(C)C(C)C)c(Cl)c1=O. The monoisotopic (exact) mass is 300 g/mol. The highest BCUT2D eigenvalue weighted by Gasteiger charge is 2.07. The molecule has 0 atom stereocenters. The molecule has 0 saturated heterocycles. The molecule has 1 aromatic heterocycles. The van der Waals surface area contributed by atoms with Gasteiger partial charge in [-0.25, -0.2) is 4.68 Å². The number of aromatic nitrogens is 2. The molecule has 0 unspecified atom stereocenters. The quantitative estimate of drug-likeness (QED) is 0.749. The van der Waals surface area contributed by atoms with Crippen molar-refractivity contribution in [3.63, 3.8) is 0 Å². The maximum atomic E-state index is 11.8. The second-order valence-corrected chi connectivity index (χ2v) is 5.58. The van der Waals surface area contributed by atoms with Crippen LogP contribution in [0.2, 0.25) is 5.02 Å². The summed E-state index contributed by atoms with van der Waals surface area (Å²) in [6.45, 7) is 8.63. The Kier molecular flexibility index (Phi) is 7.02. The molecule has 0 aromatic carbocycles. The Morgan fingerprint density at radius 3 is 2.75 bits per heavy atom. The number of aryl methyl sites for hydroxylation is 1. The lowest BCUT2D eigenvalue weighted by atomic mass is 10.2. The number of halogens is 1. The number of anilines is 1. The van der Waals surface area contributed by atoms with E-state index in [1.165, 1.54) is 4.68 Å². The number of nitrogens with zero attached hydrogens (tertiary/aromatic N) is 3. The van der Waals surface area contributed by atoms with Gasteiger partial charge in [0.15, 0.2) is 0 Å². The Balaban J connectivity index is 2.40. The van der Waals surface area contributed by atoms with Crippen molar-refractivity contribution in [3.05, 3.63) is 21.6 Å². The third-order valence-corrected chi connectivity index (χ3v) is 3.78. The summed E-state index contributed by atoms with van der Waals surface area (Å²) >= 11 is 6.04. The molecule has 1 rings (SSSR count). The summed E-state index contributed by atoms with van der Waals surface area (Å²) in [7, 11) is 2.13. The van der Waals surface area contributed by atoms with Crippen molar-refractivity contribution in [1.29, 1.82) is 0 Å². The molecule has 0 saturated carbocycles. The van der Waals surface area contributed by atoms with Crippen molar-refractivity contribution in [1.82, 2.24) is 14.7 Å². The Morgan fingerprint density at radius 2 is 2.15 bits per heavy atom. The van der Waals surface area contributed by atoms with Crippen LogP contribution in [0.4, 0.5) is 5.69 Å². The molecule has 20 heavy (non-hydrogen) atoms. The third-order valence-electron chi connectivity index (χ3n) is 3.42. The molecule has 0 fully saturated rings. The lowest BCUT2D eigenvalue weighted by Crippen LogP contribution is -2.27. The van der Waals surface area contributed by atoms with Crippen LogP contribution in [-0.4, -0.2) is 40.9 Å². The van der Waals surface area contributed by atoms with Crippen LogP contribution in [0, 0.1) is 0 Å². The Bertz CT molecular complexity index is 473. The summed E-state index contributed by atoms with van der Waals surface area (Å²) in [4.78, 5) is 14.1. The fourth-order valence-electron chi connectivity index (χ4n) is 1.78. The van der Waals surface area contributed by atoms with Crippen LogP contribution in [0.25, 0.3) is 0 Å². The van der Waals surface area contributed by atoms with Crippen LogP contribution < -0.4 is 10.9 Å². The van der Waals surface area contributed by atoms with Gasteiger partial charge in [0.1, 0.15) is 5.02 Å². The van der Waals surface area contributed by atoms with Crippen LogP contribution >= 0.6 is 11.6 Å². The summed E-state index contributed by atoms with van der Waals surface area (Å²) in [6, 6.07) is 0.572. The van der Waals surface area contributed by atoms with Crippen LogP contribution in [0.3, 0.4) is 0 Å². The third kappa shape index (κ3) is 4.80. The minimum absolute atomic E-state index is 0.223. The van der Waals surface area contributed by atoms with E-state index in [0.29, 0.717) is 18.3 Å². The molecule has 0 spiro atoms. The second kappa shape index (κ2) is 8.27. The Hall–Kier alpha value is -1.07. The zero-order valence-corrected chi connectivity index (χ0v) is 13.6. The van der Waals surface area contributed by atoms with Crippen molar-refractivity contribution in [2.24, 2.45) is 0 Å². The van der Waals surface area contributed by atoms with Crippen LogP contribution in [0.5, 0.6) is 0 Å². The van der Waals surface area contributed by atoms with Gasteiger partial charge in [0, 0.05) is 19.1 Å². The van der Waals surface area contributed by atoms with Gasteiger partial charge in [-0.3, -0.25) is 4.79 Å². The topological polar surface area (TPSA) is 50.2 Å². The summed E-state index contributed by atoms with van der Waals surface area (Å²) in [5.41, 5.74) is 0.386. The van der Waals surface area contributed by atoms with Gasteiger partial charge in [-0.05, 0) is 47.2 Å². The number of rotatable bonds is 8. The maximum absolute atomic E-state index is 11.8. The van der Waals surface area contributed by atoms with E-state index in [0.717, 1.165) is 25.9 Å². The summed E-state index contributed by atoms with van der Waals surface area (Å²) in [6.07, 6.45) is 3.76. The first-order valence-electron chi connectivity index (χ1n) is 7.17. The van der Waals surface area contributed by atoms with E-state index >= 15 is 0 Å². The van der Waals surface area contributed by atoms with Crippen molar-refractivity contribution < 1.29 is 0 Å². The average molecular weight is 301 g/mol. The molecule has 1 aromatic rings. The smallest absolute Gasteiger partial charge is 0.287 e. The molecule has 0 radical (unpaired) electrons. The normalized spacial score (nSPS) is 11.3. The van der Waals surface area contributed by atoms with E-state index in [4.69, 9.17) is 11.6 Å². The first kappa shape index (κ1) is 17.0. The standard InChI is InChI=1S/C14H25ClN4O/c1-5-19-14(20)13(15)12(10-17-19)16-8-6-7-9-18(4)11(2)3/h10-11,16H,5-9H2,1-4H3. The zero-order valence-electron chi connectivity index (χ0n) is 12.8. The van der Waals surface area contributed by atoms with E-state index in [2.05, 4.69) is 36.2 Å². The molecule has 6 heteroatoms. The Labute approximate surface area is 125 Å². The largest absolute Gasteiger partial charge is 0.382 e. The molecule has 0 amide bonds. The molecule has 5 nitrogen and oxygen atoms in total. The van der Waals surface area contributed by atoms with E-state index in [9.17, 15) is 4.79 Å². The predicted octanol–water partition coefficient (Wildman–Crippen LogP) is 2.45. The average Bonchev–Trinajstić information content (AvgIpc) is 2.42. The van der Waals surface area contributed by atoms with Gasteiger partial charge in [-0.15, -0.1) is 0 Å². The summed E-state index contributed by atoms with van der Waals surface area (Å²) < 4.78 is 1.35. The van der Waals surface area contributed by atoms with Gasteiger partial charge in [0.05, 0.1) is 11.9 Å². The van der Waals surface area contributed by atoms with Crippen LogP contribution in [0.1, 0.15) is 33.6 Å². The highest BCUT2D eigenvalue weighted by Crippen LogP contribution is 2.15. The molecular formula is C14H25ClN4O. The number of nitrogens with one attached hydrogen (secondary N) is 1. The van der Waals surface area contributed by atoms with E-state index in [1.807, 2.05) is 6.92 Å². The molecule has 1 N–H and O–H groups in total. The van der Waals surface area contributed by atoms with E-state index < -0.39 is 0 Å². The molecule has 114 valence electrons. The van der Waals surface area contributed by atoms with Gasteiger partial charge >= 0.3 is 0 Å². The predicted molar refractivity (Wildman–Crippen MR) is 84.7 cm³/mol. The lowest BCUT2D eigenvalue weighted by Gasteiger charge is -2.20. The lowest BCUT2D eigenvalue weighted by molar-refractivity contribution is 0.269. The van der Waals surface area contributed by atoms with Gasteiger partial charge in [0.2, 0.25) is 0 Å². The molecule has 0 bridgehead atoms. The maximum Gasteiger partial charge on any atom is 0.287 e. The molecule has 1 heterocycles. The van der Waals surface area contributed by atoms with Crippen LogP contribution in [-0.2, 0) is 6.54 Å². The molecule has 0 aliphatic rings. The highest BCUT2D eigenvalue weighted by molar-refractivity contribution is 6.32. The van der Waals surface area contributed by atoms with Gasteiger partial charge in [-0.2, -0.15) is 5.10 Å². The Morgan fingerprint density at radius 1 is 1.45 bits per heavy atom.